The van der Waals surface area contributed by atoms with E-state index in [-0.39, 0.29) is 6.09 Å². The van der Waals surface area contributed by atoms with Gasteiger partial charge < -0.3 is 14.8 Å². The lowest BCUT2D eigenvalue weighted by atomic mass is 10.2. The van der Waals surface area contributed by atoms with Gasteiger partial charge in [0.15, 0.2) is 0 Å². The molecule has 0 aliphatic rings. The Hall–Kier alpha value is -1.71. The van der Waals surface area contributed by atoms with Gasteiger partial charge in [0.1, 0.15) is 11.4 Å². The standard InChI is InChI=1S/C15H23NO3/c1-12-6-8-13(9-7-12)18-11-5-10-16-14(17)19-15(2,3)4/h6-9H,5,10-11H2,1-4H3,(H,16,17). The molecule has 0 aromatic heterocycles. The molecule has 0 aliphatic heterocycles. The Labute approximate surface area is 115 Å². The van der Waals surface area contributed by atoms with Crippen molar-refractivity contribution < 1.29 is 14.3 Å². The van der Waals surface area contributed by atoms with Crippen LogP contribution in [0.1, 0.15) is 32.8 Å². The monoisotopic (exact) mass is 265 g/mol. The minimum absolute atomic E-state index is 0.386. The van der Waals surface area contributed by atoms with Gasteiger partial charge in [0.05, 0.1) is 6.61 Å². The fourth-order valence-corrected chi connectivity index (χ4v) is 1.40. The minimum atomic E-state index is -0.456. The van der Waals surface area contributed by atoms with Gasteiger partial charge in [-0.15, -0.1) is 0 Å². The van der Waals surface area contributed by atoms with Gasteiger partial charge >= 0.3 is 6.09 Å². The molecule has 0 saturated heterocycles. The molecule has 19 heavy (non-hydrogen) atoms. The number of benzene rings is 1. The fourth-order valence-electron chi connectivity index (χ4n) is 1.40. The molecule has 106 valence electrons. The second kappa shape index (κ2) is 7.02. The van der Waals surface area contributed by atoms with E-state index in [0.29, 0.717) is 13.2 Å². The number of hydrogen-bond acceptors (Lipinski definition) is 3. The molecule has 1 N–H and O–H groups in total. The summed E-state index contributed by atoms with van der Waals surface area (Å²) in [7, 11) is 0. The Balaban J connectivity index is 2.11. The average molecular weight is 265 g/mol. The summed E-state index contributed by atoms with van der Waals surface area (Å²) >= 11 is 0. The predicted octanol–water partition coefficient (Wildman–Crippen LogP) is 3.29. The first kappa shape index (κ1) is 15.3. The van der Waals surface area contributed by atoms with Crippen molar-refractivity contribution in [2.75, 3.05) is 13.2 Å². The summed E-state index contributed by atoms with van der Waals surface area (Å²) in [6.07, 6.45) is 0.357. The molecule has 1 amide bonds. The first-order chi connectivity index (χ1) is 8.87. The van der Waals surface area contributed by atoms with Gasteiger partial charge in [-0.25, -0.2) is 4.79 Å². The molecule has 0 spiro atoms. The van der Waals surface area contributed by atoms with Crippen LogP contribution in [0.25, 0.3) is 0 Å². The van der Waals surface area contributed by atoms with Crippen LogP contribution in [0.15, 0.2) is 24.3 Å². The smallest absolute Gasteiger partial charge is 0.407 e. The SMILES string of the molecule is Cc1ccc(OCCCNC(=O)OC(C)(C)C)cc1. The summed E-state index contributed by atoms with van der Waals surface area (Å²) in [4.78, 5) is 11.4. The van der Waals surface area contributed by atoms with Crippen molar-refractivity contribution >= 4 is 6.09 Å². The molecule has 0 bridgehead atoms. The van der Waals surface area contributed by atoms with Gasteiger partial charge in [0.25, 0.3) is 0 Å². The molecule has 0 heterocycles. The van der Waals surface area contributed by atoms with Crippen LogP contribution in [0, 0.1) is 6.92 Å². The van der Waals surface area contributed by atoms with Crippen LogP contribution >= 0.6 is 0 Å². The van der Waals surface area contributed by atoms with Gasteiger partial charge in [-0.05, 0) is 46.2 Å². The van der Waals surface area contributed by atoms with Crippen LogP contribution in [0.5, 0.6) is 5.75 Å². The van der Waals surface area contributed by atoms with E-state index >= 15 is 0 Å². The Bertz CT molecular complexity index is 393. The number of hydrogen-bond donors (Lipinski definition) is 1. The lowest BCUT2D eigenvalue weighted by Gasteiger charge is -2.19. The summed E-state index contributed by atoms with van der Waals surface area (Å²) in [5.74, 6) is 0.850. The van der Waals surface area contributed by atoms with Crippen molar-refractivity contribution in [3.63, 3.8) is 0 Å². The topological polar surface area (TPSA) is 47.6 Å². The maximum atomic E-state index is 11.4. The number of nitrogens with one attached hydrogen (secondary N) is 1. The van der Waals surface area contributed by atoms with E-state index in [1.807, 2.05) is 52.0 Å². The molecule has 0 unspecified atom stereocenters. The minimum Gasteiger partial charge on any atom is -0.494 e. The van der Waals surface area contributed by atoms with E-state index in [0.717, 1.165) is 12.2 Å². The zero-order valence-electron chi connectivity index (χ0n) is 12.2. The van der Waals surface area contributed by atoms with Crippen molar-refractivity contribution in [1.82, 2.24) is 5.32 Å². The Morgan fingerprint density at radius 3 is 2.42 bits per heavy atom. The summed E-state index contributed by atoms with van der Waals surface area (Å²) in [6, 6.07) is 7.90. The highest BCUT2D eigenvalue weighted by atomic mass is 16.6. The predicted molar refractivity (Wildman–Crippen MR) is 75.5 cm³/mol. The van der Waals surface area contributed by atoms with Crippen molar-refractivity contribution in [2.24, 2.45) is 0 Å². The fraction of sp³-hybridized carbons (Fsp3) is 0.533. The van der Waals surface area contributed by atoms with E-state index in [1.165, 1.54) is 5.56 Å². The second-order valence-electron chi connectivity index (χ2n) is 5.44. The summed E-state index contributed by atoms with van der Waals surface area (Å²) in [5.41, 5.74) is 0.751. The first-order valence-corrected chi connectivity index (χ1v) is 6.53. The van der Waals surface area contributed by atoms with E-state index in [2.05, 4.69) is 5.32 Å². The number of carbonyl (C=O) groups is 1. The average Bonchev–Trinajstić information content (AvgIpc) is 2.29. The van der Waals surface area contributed by atoms with Gasteiger partial charge in [-0.2, -0.15) is 0 Å². The summed E-state index contributed by atoms with van der Waals surface area (Å²) < 4.78 is 10.7. The molecule has 0 fully saturated rings. The molecule has 1 rings (SSSR count). The van der Waals surface area contributed by atoms with Crippen LogP contribution in [-0.2, 0) is 4.74 Å². The van der Waals surface area contributed by atoms with Gasteiger partial charge in [0.2, 0.25) is 0 Å². The normalized spacial score (nSPS) is 10.9. The van der Waals surface area contributed by atoms with Crippen LogP contribution in [0.2, 0.25) is 0 Å². The molecular formula is C15H23NO3. The third-order valence-electron chi connectivity index (χ3n) is 2.28. The van der Waals surface area contributed by atoms with Gasteiger partial charge in [-0.1, -0.05) is 17.7 Å². The van der Waals surface area contributed by atoms with Crippen molar-refractivity contribution in [3.8, 4) is 5.75 Å². The van der Waals surface area contributed by atoms with E-state index in [4.69, 9.17) is 9.47 Å². The van der Waals surface area contributed by atoms with E-state index < -0.39 is 5.60 Å². The highest BCUT2D eigenvalue weighted by Crippen LogP contribution is 2.11. The van der Waals surface area contributed by atoms with Crippen LogP contribution in [0.4, 0.5) is 4.79 Å². The van der Waals surface area contributed by atoms with Crippen molar-refractivity contribution in [3.05, 3.63) is 29.8 Å². The molecule has 4 heteroatoms. The lowest BCUT2D eigenvalue weighted by molar-refractivity contribution is 0.0525. The number of carbonyl (C=O) groups excluding carboxylic acids is 1. The number of aryl methyl sites for hydroxylation is 1. The molecular weight excluding hydrogens is 242 g/mol. The highest BCUT2D eigenvalue weighted by Gasteiger charge is 2.15. The second-order valence-corrected chi connectivity index (χ2v) is 5.44. The summed E-state index contributed by atoms with van der Waals surface area (Å²) in [5, 5.41) is 2.69. The quantitative estimate of drug-likeness (QED) is 0.831. The Kier molecular flexibility index (Phi) is 5.67. The van der Waals surface area contributed by atoms with Crippen LogP contribution in [0.3, 0.4) is 0 Å². The van der Waals surface area contributed by atoms with Crippen molar-refractivity contribution in [2.45, 2.75) is 39.7 Å². The third-order valence-corrected chi connectivity index (χ3v) is 2.28. The molecule has 0 aliphatic carbocycles. The highest BCUT2D eigenvalue weighted by molar-refractivity contribution is 5.67. The number of ether oxygens (including phenoxy) is 2. The van der Waals surface area contributed by atoms with Gasteiger partial charge in [-0.3, -0.25) is 0 Å². The number of amides is 1. The molecule has 0 saturated carbocycles. The Morgan fingerprint density at radius 2 is 1.84 bits per heavy atom. The lowest BCUT2D eigenvalue weighted by Crippen LogP contribution is -2.33. The third kappa shape index (κ3) is 7.34. The molecule has 1 aromatic rings. The maximum Gasteiger partial charge on any atom is 0.407 e. The maximum absolute atomic E-state index is 11.4. The molecule has 0 radical (unpaired) electrons. The van der Waals surface area contributed by atoms with Crippen LogP contribution in [-0.4, -0.2) is 24.8 Å². The van der Waals surface area contributed by atoms with E-state index in [9.17, 15) is 4.79 Å². The zero-order chi connectivity index (χ0) is 14.3. The van der Waals surface area contributed by atoms with Crippen LogP contribution < -0.4 is 10.1 Å². The first-order valence-electron chi connectivity index (χ1n) is 6.53. The molecule has 4 nitrogen and oxygen atoms in total. The molecule has 1 aromatic carbocycles. The van der Waals surface area contributed by atoms with Crippen molar-refractivity contribution in [1.29, 1.82) is 0 Å². The Morgan fingerprint density at radius 1 is 1.21 bits per heavy atom. The summed E-state index contributed by atoms with van der Waals surface area (Å²) in [6.45, 7) is 8.67. The largest absolute Gasteiger partial charge is 0.494 e. The number of alkyl carbamates (subject to hydrolysis) is 1. The van der Waals surface area contributed by atoms with E-state index in [1.54, 1.807) is 0 Å². The van der Waals surface area contributed by atoms with Gasteiger partial charge in [0, 0.05) is 6.54 Å². The number of rotatable bonds is 5. The zero-order valence-corrected chi connectivity index (χ0v) is 12.2. The molecule has 0 atom stereocenters.